The van der Waals surface area contributed by atoms with Crippen molar-refractivity contribution in [2.24, 2.45) is 0 Å². The number of rotatable bonds is 0. The molecule has 0 amide bonds. The molecule has 1 heterocycles. The van der Waals surface area contributed by atoms with Crippen LogP contribution in [0.5, 0.6) is 0 Å². The van der Waals surface area contributed by atoms with Gasteiger partial charge in [0.05, 0.1) is 18.1 Å². The van der Waals surface area contributed by atoms with E-state index in [4.69, 9.17) is 16.4 Å². The van der Waals surface area contributed by atoms with Gasteiger partial charge in [-0.05, 0) is 0 Å². The molecular formula is C4H7N5O. The molecule has 0 aliphatic rings. The number of anilines is 1. The van der Waals surface area contributed by atoms with Gasteiger partial charge in [-0.3, -0.25) is 10.6 Å². The number of nitrogens with zero attached hydrogens (tertiary/aromatic N) is 2. The van der Waals surface area contributed by atoms with Crippen molar-refractivity contribution in [3.05, 3.63) is 12.4 Å². The van der Waals surface area contributed by atoms with Crippen LogP contribution in [0, 0.1) is 5.41 Å². The zero-order valence-electron chi connectivity index (χ0n) is 5.07. The average molecular weight is 141 g/mol. The molecule has 0 saturated heterocycles. The first-order chi connectivity index (χ1) is 4.74. The van der Waals surface area contributed by atoms with Gasteiger partial charge in [-0.2, -0.15) is 5.10 Å². The molecule has 1 aromatic rings. The number of hydroxylamine groups is 1. The van der Waals surface area contributed by atoms with E-state index in [0.29, 0.717) is 5.69 Å². The van der Waals surface area contributed by atoms with Crippen molar-refractivity contribution in [1.29, 1.82) is 5.41 Å². The maximum Gasteiger partial charge on any atom is 0.240 e. The molecule has 0 fully saturated rings. The maximum atomic E-state index is 8.22. The molecule has 0 aromatic carbocycles. The molecule has 54 valence electrons. The molecule has 0 saturated carbocycles. The van der Waals surface area contributed by atoms with Crippen LogP contribution in [0.1, 0.15) is 0 Å². The van der Waals surface area contributed by atoms with E-state index in [9.17, 15) is 0 Å². The molecule has 0 aliphatic carbocycles. The van der Waals surface area contributed by atoms with Crippen LogP contribution in [-0.2, 0) is 0 Å². The molecule has 10 heavy (non-hydrogen) atoms. The Bertz CT molecular complexity index is 242. The minimum absolute atomic E-state index is 0.239. The summed E-state index contributed by atoms with van der Waals surface area (Å²) in [5.41, 5.74) is 7.35. The lowest BCUT2D eigenvalue weighted by atomic mass is 10.6. The largest absolute Gasteiger partial charge is 0.396 e. The van der Waals surface area contributed by atoms with Gasteiger partial charge in [-0.15, -0.1) is 0 Å². The fourth-order valence-electron chi connectivity index (χ4n) is 0.510. The third kappa shape index (κ3) is 1.06. The van der Waals surface area contributed by atoms with Crippen molar-refractivity contribution in [2.75, 3.05) is 5.73 Å². The second-order valence-corrected chi connectivity index (χ2v) is 1.68. The molecule has 0 spiro atoms. The summed E-state index contributed by atoms with van der Waals surface area (Å²) < 4.78 is 1.11. The summed E-state index contributed by atoms with van der Waals surface area (Å²) in [6.07, 6.45) is 2.79. The zero-order valence-corrected chi connectivity index (χ0v) is 5.07. The molecule has 0 radical (unpaired) electrons. The smallest absolute Gasteiger partial charge is 0.240 e. The Labute approximate surface area is 56.7 Å². The highest BCUT2D eigenvalue weighted by Gasteiger charge is 1.97. The number of hydrogen-bond donors (Lipinski definition) is 4. The third-order valence-corrected chi connectivity index (χ3v) is 0.938. The van der Waals surface area contributed by atoms with Crippen molar-refractivity contribution in [2.45, 2.75) is 0 Å². The van der Waals surface area contributed by atoms with Crippen LogP contribution in [0.25, 0.3) is 0 Å². The van der Waals surface area contributed by atoms with Crippen molar-refractivity contribution in [3.63, 3.8) is 0 Å². The minimum Gasteiger partial charge on any atom is -0.396 e. The van der Waals surface area contributed by atoms with E-state index in [-0.39, 0.29) is 5.96 Å². The van der Waals surface area contributed by atoms with Gasteiger partial charge < -0.3 is 5.73 Å². The lowest BCUT2D eigenvalue weighted by Crippen LogP contribution is -2.26. The molecule has 0 aliphatic heterocycles. The minimum atomic E-state index is -0.239. The van der Waals surface area contributed by atoms with Gasteiger partial charge in [0, 0.05) is 0 Å². The normalized spacial score (nSPS) is 9.30. The summed E-state index contributed by atoms with van der Waals surface area (Å²) in [6, 6.07) is 0. The Balaban J connectivity index is 2.85. The zero-order chi connectivity index (χ0) is 7.56. The highest BCUT2D eigenvalue weighted by Crippen LogP contribution is 1.95. The molecule has 1 aromatic heterocycles. The summed E-state index contributed by atoms with van der Waals surface area (Å²) in [6.45, 7) is 0. The molecule has 0 unspecified atom stereocenters. The Morgan fingerprint density at radius 1 is 1.90 bits per heavy atom. The van der Waals surface area contributed by atoms with Gasteiger partial charge in [0.15, 0.2) is 0 Å². The summed E-state index contributed by atoms with van der Waals surface area (Å²) in [5, 5.41) is 18.8. The fraction of sp³-hybridized carbons (Fsp3) is 0. The lowest BCUT2D eigenvalue weighted by molar-refractivity contribution is 0.228. The van der Waals surface area contributed by atoms with Gasteiger partial charge in [-0.1, -0.05) is 0 Å². The van der Waals surface area contributed by atoms with Crippen LogP contribution in [0.2, 0.25) is 0 Å². The molecular weight excluding hydrogens is 134 g/mol. The first-order valence-corrected chi connectivity index (χ1v) is 2.53. The molecule has 1 rings (SSSR count). The summed E-state index contributed by atoms with van der Waals surface area (Å²) >= 11 is 0. The van der Waals surface area contributed by atoms with Crippen molar-refractivity contribution < 1.29 is 5.21 Å². The van der Waals surface area contributed by atoms with Crippen LogP contribution in [0.15, 0.2) is 12.4 Å². The van der Waals surface area contributed by atoms with Crippen LogP contribution >= 0.6 is 0 Å². The van der Waals surface area contributed by atoms with E-state index >= 15 is 0 Å². The van der Waals surface area contributed by atoms with E-state index in [1.165, 1.54) is 12.4 Å². The van der Waals surface area contributed by atoms with Crippen molar-refractivity contribution >= 4 is 11.6 Å². The van der Waals surface area contributed by atoms with Crippen LogP contribution in [0.3, 0.4) is 0 Å². The van der Waals surface area contributed by atoms with Crippen LogP contribution in [-0.4, -0.2) is 20.9 Å². The number of hydrogen-bond acceptors (Lipinski definition) is 4. The summed E-state index contributed by atoms with van der Waals surface area (Å²) in [4.78, 5) is 0. The van der Waals surface area contributed by atoms with E-state index in [2.05, 4.69) is 5.10 Å². The Kier molecular flexibility index (Phi) is 1.55. The number of nitrogens with two attached hydrogens (primary N) is 1. The first-order valence-electron chi connectivity index (χ1n) is 2.53. The van der Waals surface area contributed by atoms with Gasteiger partial charge in [0.2, 0.25) is 5.96 Å². The monoisotopic (exact) mass is 141 g/mol. The quantitative estimate of drug-likeness (QED) is 0.216. The van der Waals surface area contributed by atoms with E-state index in [0.717, 1.165) is 4.68 Å². The van der Waals surface area contributed by atoms with Crippen LogP contribution < -0.4 is 11.2 Å². The lowest BCUT2D eigenvalue weighted by Gasteiger charge is -1.97. The van der Waals surface area contributed by atoms with E-state index in [1.54, 1.807) is 5.48 Å². The topological polar surface area (TPSA) is 100.0 Å². The Morgan fingerprint density at radius 2 is 2.60 bits per heavy atom. The van der Waals surface area contributed by atoms with E-state index in [1.807, 2.05) is 0 Å². The second kappa shape index (κ2) is 2.36. The third-order valence-electron chi connectivity index (χ3n) is 0.938. The highest BCUT2D eigenvalue weighted by atomic mass is 16.5. The van der Waals surface area contributed by atoms with Crippen molar-refractivity contribution in [3.8, 4) is 0 Å². The van der Waals surface area contributed by atoms with Crippen LogP contribution in [0.4, 0.5) is 5.69 Å². The molecule has 0 atom stereocenters. The van der Waals surface area contributed by atoms with Gasteiger partial charge in [-0.25, -0.2) is 10.2 Å². The number of nitrogen functional groups attached to an aromatic ring is 1. The SMILES string of the molecule is N=C(NO)n1cc(N)cn1. The maximum absolute atomic E-state index is 8.22. The predicted molar refractivity (Wildman–Crippen MR) is 34.7 cm³/mol. The van der Waals surface area contributed by atoms with E-state index < -0.39 is 0 Å². The Morgan fingerprint density at radius 3 is 3.00 bits per heavy atom. The van der Waals surface area contributed by atoms with Gasteiger partial charge in [0.25, 0.3) is 0 Å². The molecule has 5 N–H and O–H groups in total. The van der Waals surface area contributed by atoms with Crippen molar-refractivity contribution in [1.82, 2.24) is 15.3 Å². The number of nitrogens with one attached hydrogen (secondary N) is 2. The Hall–Kier alpha value is -1.56. The average Bonchev–Trinajstić information content (AvgIpc) is 2.34. The highest BCUT2D eigenvalue weighted by molar-refractivity contribution is 5.77. The standard InChI is InChI=1S/C4H7N5O/c5-3-1-7-9(2-3)4(6)8-10/h1-2,10H,5H2,(H2,6,8). The van der Waals surface area contributed by atoms with Gasteiger partial charge in [0.1, 0.15) is 0 Å². The first kappa shape index (κ1) is 6.56. The molecule has 0 bridgehead atoms. The number of aromatic nitrogens is 2. The fourth-order valence-corrected chi connectivity index (χ4v) is 0.510. The summed E-state index contributed by atoms with van der Waals surface area (Å²) in [5.74, 6) is -0.239. The second-order valence-electron chi connectivity index (χ2n) is 1.68. The predicted octanol–water partition coefficient (Wildman–Crippen LogP) is -0.773. The molecule has 6 heteroatoms. The van der Waals surface area contributed by atoms with Gasteiger partial charge >= 0.3 is 0 Å². The molecule has 6 nitrogen and oxygen atoms in total. The summed E-state index contributed by atoms with van der Waals surface area (Å²) in [7, 11) is 0.